The number of nitrogens with zero attached hydrogens (tertiary/aromatic N) is 6. The van der Waals surface area contributed by atoms with E-state index < -0.39 is 11.9 Å². The van der Waals surface area contributed by atoms with Crippen molar-refractivity contribution in [3.63, 3.8) is 0 Å². The highest BCUT2D eigenvalue weighted by molar-refractivity contribution is 5.80. The summed E-state index contributed by atoms with van der Waals surface area (Å²) in [5.74, 6) is 1.12. The average molecular weight is 396 g/mol. The molecule has 0 amide bonds. The minimum Gasteiger partial charge on any atom is -0.354 e. The zero-order valence-electron chi connectivity index (χ0n) is 15.7. The van der Waals surface area contributed by atoms with Crippen LogP contribution in [0.4, 0.5) is 19.1 Å². The molecule has 0 spiro atoms. The topological polar surface area (TPSA) is 83.3 Å². The second-order valence-electron chi connectivity index (χ2n) is 6.54. The van der Waals surface area contributed by atoms with E-state index in [1.54, 1.807) is 11.7 Å². The van der Waals surface area contributed by atoms with Crippen LogP contribution >= 0.6 is 0 Å². The molecule has 1 aliphatic rings. The maximum Gasteiger partial charge on any atom is 0.433 e. The molecule has 3 heterocycles. The number of aromatic nitrogens is 4. The van der Waals surface area contributed by atoms with Crippen LogP contribution in [0, 0.1) is 0 Å². The van der Waals surface area contributed by atoms with Gasteiger partial charge in [0.2, 0.25) is 5.95 Å². The molecule has 0 saturated carbocycles. The summed E-state index contributed by atoms with van der Waals surface area (Å²) in [5, 5.41) is 10.2. The van der Waals surface area contributed by atoms with Crippen LogP contribution in [0.3, 0.4) is 0 Å². The Hall–Kier alpha value is -2.85. The predicted octanol–water partition coefficient (Wildman–Crippen LogP) is 1.71. The summed E-state index contributed by atoms with van der Waals surface area (Å²) in [6, 6.07) is 0.845. The molecule has 1 unspecified atom stereocenters. The van der Waals surface area contributed by atoms with Gasteiger partial charge in [0.1, 0.15) is 5.69 Å². The predicted molar refractivity (Wildman–Crippen MR) is 99.0 cm³/mol. The number of halogens is 3. The largest absolute Gasteiger partial charge is 0.433 e. The zero-order valence-corrected chi connectivity index (χ0v) is 15.7. The molecule has 1 fully saturated rings. The van der Waals surface area contributed by atoms with E-state index in [0.29, 0.717) is 19.0 Å². The van der Waals surface area contributed by atoms with Gasteiger partial charge in [0.15, 0.2) is 5.96 Å². The van der Waals surface area contributed by atoms with E-state index in [9.17, 15) is 13.2 Å². The standard InChI is InChI=1S/C17H23F3N8/c1-21-16(28-8-4-12(11-28)13-9-25-27(2)10-13)24-7-6-23-15-22-5-3-14(26-15)17(18,19)20/h3,5,9-10,12H,4,6-8,11H2,1-2H3,(H,21,24)(H,22,23,26). The van der Waals surface area contributed by atoms with E-state index in [1.807, 2.05) is 19.4 Å². The minimum absolute atomic E-state index is 0.0515. The van der Waals surface area contributed by atoms with Crippen LogP contribution in [0.1, 0.15) is 23.6 Å². The molecule has 2 aromatic rings. The number of likely N-dealkylation sites (tertiary alicyclic amines) is 1. The number of hydrogen-bond donors (Lipinski definition) is 2. The third-order valence-corrected chi connectivity index (χ3v) is 4.53. The molecule has 28 heavy (non-hydrogen) atoms. The Labute approximate surface area is 160 Å². The molecule has 2 N–H and O–H groups in total. The molecule has 0 aromatic carbocycles. The summed E-state index contributed by atoms with van der Waals surface area (Å²) >= 11 is 0. The lowest BCUT2D eigenvalue weighted by molar-refractivity contribution is -0.141. The van der Waals surface area contributed by atoms with E-state index in [4.69, 9.17) is 0 Å². The lowest BCUT2D eigenvalue weighted by Gasteiger charge is -2.21. The molecule has 0 aliphatic carbocycles. The molecule has 0 radical (unpaired) electrons. The van der Waals surface area contributed by atoms with Gasteiger partial charge in [-0.15, -0.1) is 0 Å². The quantitative estimate of drug-likeness (QED) is 0.455. The first-order valence-corrected chi connectivity index (χ1v) is 8.95. The fraction of sp³-hybridized carbons (Fsp3) is 0.529. The van der Waals surface area contributed by atoms with Crippen LogP contribution in [0.5, 0.6) is 0 Å². The molecule has 1 saturated heterocycles. The Balaban J connectivity index is 1.46. The summed E-state index contributed by atoms with van der Waals surface area (Å²) in [5.41, 5.74) is 0.246. The van der Waals surface area contributed by atoms with Crippen molar-refractivity contribution in [2.24, 2.45) is 12.0 Å². The van der Waals surface area contributed by atoms with Crippen molar-refractivity contribution in [2.45, 2.75) is 18.5 Å². The van der Waals surface area contributed by atoms with Crippen molar-refractivity contribution in [1.82, 2.24) is 30.0 Å². The van der Waals surface area contributed by atoms with Crippen molar-refractivity contribution in [1.29, 1.82) is 0 Å². The highest BCUT2D eigenvalue weighted by atomic mass is 19.4. The molecule has 1 aliphatic heterocycles. The second-order valence-corrected chi connectivity index (χ2v) is 6.54. The molecule has 0 bridgehead atoms. The smallest absolute Gasteiger partial charge is 0.354 e. The van der Waals surface area contributed by atoms with E-state index in [0.717, 1.165) is 37.7 Å². The first-order valence-electron chi connectivity index (χ1n) is 8.95. The van der Waals surface area contributed by atoms with Crippen LogP contribution in [0.15, 0.2) is 29.6 Å². The second kappa shape index (κ2) is 8.44. The molecular formula is C17H23F3N8. The maximum absolute atomic E-state index is 12.7. The SMILES string of the molecule is CN=C(NCCNc1nccc(C(F)(F)F)n1)N1CCC(c2cnn(C)c2)C1. The Morgan fingerprint density at radius 2 is 2.18 bits per heavy atom. The molecule has 1 atom stereocenters. The molecular weight excluding hydrogens is 373 g/mol. The fourth-order valence-corrected chi connectivity index (χ4v) is 3.16. The number of aryl methyl sites for hydroxylation is 1. The third kappa shape index (κ3) is 4.90. The number of rotatable bonds is 5. The number of alkyl halides is 3. The number of nitrogens with one attached hydrogen (secondary N) is 2. The van der Waals surface area contributed by atoms with Crippen molar-refractivity contribution in [2.75, 3.05) is 38.5 Å². The zero-order chi connectivity index (χ0) is 20.1. The van der Waals surface area contributed by atoms with E-state index in [-0.39, 0.29) is 5.95 Å². The first-order chi connectivity index (χ1) is 13.4. The lowest BCUT2D eigenvalue weighted by Crippen LogP contribution is -2.41. The van der Waals surface area contributed by atoms with Crippen molar-refractivity contribution < 1.29 is 13.2 Å². The normalized spacial score (nSPS) is 17.8. The first kappa shape index (κ1) is 19.9. The maximum atomic E-state index is 12.7. The molecule has 2 aromatic heterocycles. The van der Waals surface area contributed by atoms with E-state index in [1.165, 1.54) is 5.56 Å². The van der Waals surface area contributed by atoms with Crippen molar-refractivity contribution >= 4 is 11.9 Å². The summed E-state index contributed by atoms with van der Waals surface area (Å²) < 4.78 is 39.8. The number of anilines is 1. The molecule has 152 valence electrons. The Morgan fingerprint density at radius 3 is 2.86 bits per heavy atom. The molecule has 3 rings (SSSR count). The summed E-state index contributed by atoms with van der Waals surface area (Å²) in [6.45, 7) is 2.56. The Kier molecular flexibility index (Phi) is 6.00. The van der Waals surface area contributed by atoms with Gasteiger partial charge in [-0.25, -0.2) is 9.97 Å². The highest BCUT2D eigenvalue weighted by Gasteiger charge is 2.32. The van der Waals surface area contributed by atoms with Crippen LogP contribution < -0.4 is 10.6 Å². The Morgan fingerprint density at radius 1 is 1.36 bits per heavy atom. The summed E-state index contributed by atoms with van der Waals surface area (Å²) in [4.78, 5) is 13.8. The number of guanidine groups is 1. The minimum atomic E-state index is -4.49. The van der Waals surface area contributed by atoms with Gasteiger partial charge < -0.3 is 15.5 Å². The number of aliphatic imine (C=N–C) groups is 1. The fourth-order valence-electron chi connectivity index (χ4n) is 3.16. The van der Waals surface area contributed by atoms with Crippen LogP contribution in [0.2, 0.25) is 0 Å². The van der Waals surface area contributed by atoms with Crippen LogP contribution in [-0.2, 0) is 13.2 Å². The van der Waals surface area contributed by atoms with Gasteiger partial charge in [0, 0.05) is 58.6 Å². The number of hydrogen-bond acceptors (Lipinski definition) is 5. The van der Waals surface area contributed by atoms with Gasteiger partial charge in [-0.2, -0.15) is 18.3 Å². The van der Waals surface area contributed by atoms with Gasteiger partial charge in [0.05, 0.1) is 6.20 Å². The van der Waals surface area contributed by atoms with E-state index >= 15 is 0 Å². The van der Waals surface area contributed by atoms with Crippen LogP contribution in [-0.4, -0.2) is 63.8 Å². The van der Waals surface area contributed by atoms with Crippen molar-refractivity contribution in [3.05, 3.63) is 35.9 Å². The van der Waals surface area contributed by atoms with Gasteiger partial charge >= 0.3 is 6.18 Å². The molecule has 8 nitrogen and oxygen atoms in total. The van der Waals surface area contributed by atoms with E-state index in [2.05, 4.69) is 35.6 Å². The monoisotopic (exact) mass is 396 g/mol. The lowest BCUT2D eigenvalue weighted by atomic mass is 10.0. The van der Waals surface area contributed by atoms with Gasteiger partial charge in [0.25, 0.3) is 0 Å². The molecule has 11 heteroatoms. The van der Waals surface area contributed by atoms with Crippen LogP contribution in [0.25, 0.3) is 0 Å². The highest BCUT2D eigenvalue weighted by Crippen LogP contribution is 2.28. The van der Waals surface area contributed by atoms with Gasteiger partial charge in [-0.3, -0.25) is 9.67 Å². The van der Waals surface area contributed by atoms with Crippen molar-refractivity contribution in [3.8, 4) is 0 Å². The average Bonchev–Trinajstić information content (AvgIpc) is 3.30. The van der Waals surface area contributed by atoms with Gasteiger partial charge in [-0.05, 0) is 18.1 Å². The van der Waals surface area contributed by atoms with Gasteiger partial charge in [-0.1, -0.05) is 0 Å². The summed E-state index contributed by atoms with van der Waals surface area (Å²) in [6.07, 6.45) is 1.54. The Bertz CT molecular complexity index is 817. The summed E-state index contributed by atoms with van der Waals surface area (Å²) in [7, 11) is 3.61. The third-order valence-electron chi connectivity index (χ3n) is 4.53.